The number of aryl methyl sites for hydroxylation is 2. The smallest absolute Gasteiger partial charge is 0.235 e. The highest BCUT2D eigenvalue weighted by atomic mass is 79.9. The minimum atomic E-state index is -0.0983. The van der Waals surface area contributed by atoms with E-state index in [4.69, 9.17) is 11.6 Å². The molecule has 0 fully saturated rings. The summed E-state index contributed by atoms with van der Waals surface area (Å²) in [5.41, 5.74) is 2.76. The molecule has 0 aromatic heterocycles. The van der Waals surface area contributed by atoms with Gasteiger partial charge in [0.1, 0.15) is 0 Å². The average Bonchev–Trinajstić information content (AvgIpc) is 2.10. The van der Waals surface area contributed by atoms with Gasteiger partial charge in [-0.1, -0.05) is 33.6 Å². The predicted octanol–water partition coefficient (Wildman–Crippen LogP) is 3.29. The maximum Gasteiger partial charge on any atom is 0.235 e. The predicted molar refractivity (Wildman–Crippen MR) is 63.3 cm³/mol. The molecule has 0 atom stereocenters. The molecule has 1 N–H and O–H groups in total. The van der Waals surface area contributed by atoms with Crippen LogP contribution in [-0.4, -0.2) is 11.2 Å². The van der Waals surface area contributed by atoms with E-state index in [1.165, 1.54) is 0 Å². The third-order valence-corrected chi connectivity index (χ3v) is 2.62. The molecule has 0 spiro atoms. The number of nitrogens with one attached hydrogen (secondary N) is 1. The monoisotopic (exact) mass is 275 g/mol. The first-order valence-corrected chi connectivity index (χ1v) is 5.67. The molecule has 1 rings (SSSR count). The molecule has 2 nitrogen and oxygen atoms in total. The van der Waals surface area contributed by atoms with Crippen LogP contribution >= 0.6 is 27.5 Å². The Morgan fingerprint density at radius 2 is 2.14 bits per heavy atom. The van der Waals surface area contributed by atoms with Gasteiger partial charge in [-0.3, -0.25) is 4.79 Å². The third kappa shape index (κ3) is 2.72. The Hall–Kier alpha value is -0.540. The van der Waals surface area contributed by atoms with Gasteiger partial charge >= 0.3 is 0 Å². The number of hydrogen-bond acceptors (Lipinski definition) is 1. The van der Waals surface area contributed by atoms with Crippen LogP contribution in [0.4, 0.5) is 5.69 Å². The second-order valence-corrected chi connectivity index (χ2v) is 4.09. The largest absolute Gasteiger partial charge is 0.324 e. The molecular formula is C10H11BrClNO. The standard InChI is InChI=1S/C10H11BrClNO/c1-6-3-7(2)10(8(12)4-6)13-9(14)5-11/h3-4H,5H2,1-2H3,(H,13,14). The fourth-order valence-corrected chi connectivity index (χ4v) is 1.76. The molecule has 0 heterocycles. The molecular weight excluding hydrogens is 265 g/mol. The van der Waals surface area contributed by atoms with E-state index in [1.54, 1.807) is 0 Å². The van der Waals surface area contributed by atoms with Crippen LogP contribution in [0.1, 0.15) is 11.1 Å². The molecule has 1 aromatic rings. The highest BCUT2D eigenvalue weighted by Gasteiger charge is 2.07. The van der Waals surface area contributed by atoms with E-state index in [1.807, 2.05) is 26.0 Å². The van der Waals surface area contributed by atoms with E-state index in [0.717, 1.165) is 11.1 Å². The summed E-state index contributed by atoms with van der Waals surface area (Å²) in [7, 11) is 0. The van der Waals surface area contributed by atoms with E-state index in [2.05, 4.69) is 21.2 Å². The second-order valence-electron chi connectivity index (χ2n) is 3.12. The summed E-state index contributed by atoms with van der Waals surface area (Å²) < 4.78 is 0. The van der Waals surface area contributed by atoms with Crippen molar-refractivity contribution >= 4 is 39.1 Å². The molecule has 76 valence electrons. The third-order valence-electron chi connectivity index (χ3n) is 1.82. The van der Waals surface area contributed by atoms with Gasteiger partial charge in [0.25, 0.3) is 0 Å². The summed E-state index contributed by atoms with van der Waals surface area (Å²) in [6.45, 7) is 3.89. The fourth-order valence-electron chi connectivity index (χ4n) is 1.25. The van der Waals surface area contributed by atoms with Gasteiger partial charge in [-0.05, 0) is 31.0 Å². The molecule has 0 aliphatic carbocycles. The lowest BCUT2D eigenvalue weighted by atomic mass is 10.1. The van der Waals surface area contributed by atoms with Crippen LogP contribution in [0.5, 0.6) is 0 Å². The normalized spacial score (nSPS) is 10.0. The zero-order chi connectivity index (χ0) is 10.7. The van der Waals surface area contributed by atoms with Crippen molar-refractivity contribution < 1.29 is 4.79 Å². The number of anilines is 1. The molecule has 14 heavy (non-hydrogen) atoms. The van der Waals surface area contributed by atoms with Crippen LogP contribution in [0.25, 0.3) is 0 Å². The van der Waals surface area contributed by atoms with Gasteiger partial charge in [0.15, 0.2) is 0 Å². The second kappa shape index (κ2) is 4.80. The number of carbonyl (C=O) groups excluding carboxylic acids is 1. The van der Waals surface area contributed by atoms with Crippen molar-refractivity contribution in [1.29, 1.82) is 0 Å². The first-order chi connectivity index (χ1) is 6.54. The van der Waals surface area contributed by atoms with Crippen LogP contribution in [0.2, 0.25) is 5.02 Å². The zero-order valence-corrected chi connectivity index (χ0v) is 10.4. The summed E-state index contributed by atoms with van der Waals surface area (Å²) in [6, 6.07) is 3.81. The van der Waals surface area contributed by atoms with Crippen LogP contribution in [0.15, 0.2) is 12.1 Å². The molecule has 0 saturated heterocycles. The summed E-state index contributed by atoms with van der Waals surface area (Å²) in [6.07, 6.45) is 0. The summed E-state index contributed by atoms with van der Waals surface area (Å²) in [5.74, 6) is -0.0983. The summed E-state index contributed by atoms with van der Waals surface area (Å²) in [5, 5.41) is 3.59. The van der Waals surface area contributed by atoms with Gasteiger partial charge < -0.3 is 5.32 Å². The topological polar surface area (TPSA) is 29.1 Å². The first kappa shape index (κ1) is 11.5. The van der Waals surface area contributed by atoms with E-state index in [9.17, 15) is 4.79 Å². The Morgan fingerprint density at radius 3 is 2.64 bits per heavy atom. The van der Waals surface area contributed by atoms with Crippen molar-refractivity contribution in [1.82, 2.24) is 0 Å². The van der Waals surface area contributed by atoms with Crippen molar-refractivity contribution in [3.8, 4) is 0 Å². The minimum absolute atomic E-state index is 0.0983. The quantitative estimate of drug-likeness (QED) is 0.825. The molecule has 0 unspecified atom stereocenters. The van der Waals surface area contributed by atoms with E-state index in [-0.39, 0.29) is 11.2 Å². The van der Waals surface area contributed by atoms with Gasteiger partial charge in [-0.25, -0.2) is 0 Å². The van der Waals surface area contributed by atoms with E-state index >= 15 is 0 Å². The van der Waals surface area contributed by atoms with Crippen LogP contribution in [0, 0.1) is 13.8 Å². The molecule has 0 bridgehead atoms. The first-order valence-electron chi connectivity index (χ1n) is 4.17. The number of amides is 1. The van der Waals surface area contributed by atoms with E-state index in [0.29, 0.717) is 10.7 Å². The number of halogens is 2. The SMILES string of the molecule is Cc1cc(C)c(NC(=O)CBr)c(Cl)c1. The molecule has 0 aliphatic rings. The minimum Gasteiger partial charge on any atom is -0.324 e. The molecule has 0 aliphatic heterocycles. The Kier molecular flexibility index (Phi) is 3.96. The Labute approximate surface area is 96.8 Å². The lowest BCUT2D eigenvalue weighted by Gasteiger charge is -2.10. The highest BCUT2D eigenvalue weighted by molar-refractivity contribution is 9.09. The number of alkyl halides is 1. The van der Waals surface area contributed by atoms with Gasteiger partial charge in [0, 0.05) is 0 Å². The van der Waals surface area contributed by atoms with Crippen molar-refractivity contribution in [3.63, 3.8) is 0 Å². The lowest BCUT2D eigenvalue weighted by Crippen LogP contribution is -2.13. The Morgan fingerprint density at radius 1 is 1.50 bits per heavy atom. The van der Waals surface area contributed by atoms with Gasteiger partial charge in [-0.15, -0.1) is 0 Å². The Bertz CT molecular complexity index is 342. The molecule has 4 heteroatoms. The van der Waals surface area contributed by atoms with E-state index < -0.39 is 0 Å². The van der Waals surface area contributed by atoms with Crippen LogP contribution in [0.3, 0.4) is 0 Å². The lowest BCUT2D eigenvalue weighted by molar-refractivity contribution is -0.113. The molecule has 1 aromatic carbocycles. The van der Waals surface area contributed by atoms with Crippen molar-refractivity contribution in [2.45, 2.75) is 13.8 Å². The summed E-state index contributed by atoms with van der Waals surface area (Å²) >= 11 is 9.09. The number of rotatable bonds is 2. The number of carbonyl (C=O) groups is 1. The Balaban J connectivity index is 3.02. The average molecular weight is 277 g/mol. The van der Waals surface area contributed by atoms with Crippen molar-refractivity contribution in [3.05, 3.63) is 28.3 Å². The van der Waals surface area contributed by atoms with Gasteiger partial charge in [0.05, 0.1) is 16.0 Å². The zero-order valence-electron chi connectivity index (χ0n) is 8.03. The maximum absolute atomic E-state index is 11.2. The maximum atomic E-state index is 11.2. The summed E-state index contributed by atoms with van der Waals surface area (Å²) in [4.78, 5) is 11.2. The van der Waals surface area contributed by atoms with Gasteiger partial charge in [0.2, 0.25) is 5.91 Å². The fraction of sp³-hybridized carbons (Fsp3) is 0.300. The highest BCUT2D eigenvalue weighted by Crippen LogP contribution is 2.27. The van der Waals surface area contributed by atoms with Gasteiger partial charge in [-0.2, -0.15) is 0 Å². The number of hydrogen-bond donors (Lipinski definition) is 1. The number of benzene rings is 1. The van der Waals surface area contributed by atoms with Crippen molar-refractivity contribution in [2.24, 2.45) is 0 Å². The van der Waals surface area contributed by atoms with Crippen LogP contribution in [-0.2, 0) is 4.79 Å². The van der Waals surface area contributed by atoms with Crippen molar-refractivity contribution in [2.75, 3.05) is 10.6 Å². The molecule has 1 amide bonds. The molecule has 0 saturated carbocycles. The van der Waals surface area contributed by atoms with Crippen LogP contribution < -0.4 is 5.32 Å². The molecule has 0 radical (unpaired) electrons.